The summed E-state index contributed by atoms with van der Waals surface area (Å²) in [6, 6.07) is 9.86. The largest absolute Gasteiger partial charge is 0.497 e. The van der Waals surface area contributed by atoms with Crippen LogP contribution >= 0.6 is 35.6 Å². The molecule has 0 aromatic heterocycles. The molecular formula is C19H22ClFIN3O2. The fourth-order valence-corrected chi connectivity index (χ4v) is 3.28. The number of nitrogens with two attached hydrogens (primary N) is 1. The third kappa shape index (κ3) is 4.95. The minimum Gasteiger partial charge on any atom is -0.497 e. The zero-order valence-electron chi connectivity index (χ0n) is 15.1. The fourth-order valence-electron chi connectivity index (χ4n) is 2.91. The Bertz CT molecular complexity index is 844. The summed E-state index contributed by atoms with van der Waals surface area (Å²) in [6.07, 6.45) is 1.88. The van der Waals surface area contributed by atoms with E-state index in [0.717, 1.165) is 18.4 Å². The van der Waals surface area contributed by atoms with Crippen LogP contribution in [0.3, 0.4) is 0 Å². The molecule has 1 aliphatic carbocycles. The summed E-state index contributed by atoms with van der Waals surface area (Å²) < 4.78 is 23.8. The topological polar surface area (TPSA) is 68.9 Å². The van der Waals surface area contributed by atoms with Crippen LogP contribution in [0.15, 0.2) is 41.4 Å². The smallest absolute Gasteiger partial charge is 0.193 e. The van der Waals surface area contributed by atoms with E-state index in [1.807, 2.05) is 0 Å². The Labute approximate surface area is 180 Å². The van der Waals surface area contributed by atoms with Crippen LogP contribution < -0.4 is 20.5 Å². The highest BCUT2D eigenvalue weighted by molar-refractivity contribution is 14.0. The number of anilines is 1. The molecule has 1 aliphatic rings. The lowest BCUT2D eigenvalue weighted by atomic mass is 9.96. The quantitative estimate of drug-likeness (QED) is 0.343. The van der Waals surface area contributed by atoms with Crippen LogP contribution in [0.4, 0.5) is 10.1 Å². The van der Waals surface area contributed by atoms with Gasteiger partial charge in [0, 0.05) is 16.5 Å². The summed E-state index contributed by atoms with van der Waals surface area (Å²) >= 11 is 6.21. The van der Waals surface area contributed by atoms with E-state index in [1.165, 1.54) is 12.1 Å². The molecular weight excluding hydrogens is 484 g/mol. The third-order valence-corrected chi connectivity index (χ3v) is 4.89. The summed E-state index contributed by atoms with van der Waals surface area (Å²) in [6.45, 7) is 0.476. The standard InChI is InChI=1S/C19H21ClFN3O2.HI/c1-25-13-4-6-17(26-2)16(10-13)24-18(22)23-11-19(7-8-19)14-5-3-12(21)9-15(14)20;/h3-6,9-10H,7-8,11H2,1-2H3,(H3,22,23,24);1H. The Morgan fingerprint density at radius 1 is 1.22 bits per heavy atom. The first-order valence-electron chi connectivity index (χ1n) is 8.22. The van der Waals surface area contributed by atoms with Gasteiger partial charge in [-0.2, -0.15) is 0 Å². The number of halogens is 3. The molecule has 2 aromatic rings. The van der Waals surface area contributed by atoms with Crippen LogP contribution in [0, 0.1) is 5.82 Å². The van der Waals surface area contributed by atoms with Crippen LogP contribution in [0.1, 0.15) is 18.4 Å². The van der Waals surface area contributed by atoms with Gasteiger partial charge in [-0.25, -0.2) is 4.39 Å². The fraction of sp³-hybridized carbons (Fsp3) is 0.316. The number of nitrogens with one attached hydrogen (secondary N) is 1. The van der Waals surface area contributed by atoms with Crippen molar-refractivity contribution in [3.8, 4) is 11.5 Å². The lowest BCUT2D eigenvalue weighted by molar-refractivity contribution is 0.405. The van der Waals surface area contributed by atoms with Gasteiger partial charge in [0.2, 0.25) is 0 Å². The van der Waals surface area contributed by atoms with Crippen molar-refractivity contribution in [1.29, 1.82) is 0 Å². The average molecular weight is 506 g/mol. The molecule has 1 fully saturated rings. The van der Waals surface area contributed by atoms with Gasteiger partial charge in [-0.05, 0) is 42.7 Å². The summed E-state index contributed by atoms with van der Waals surface area (Å²) in [5, 5.41) is 3.47. The van der Waals surface area contributed by atoms with Gasteiger partial charge in [0.15, 0.2) is 5.96 Å². The first-order chi connectivity index (χ1) is 12.5. The van der Waals surface area contributed by atoms with Crippen molar-refractivity contribution in [2.45, 2.75) is 18.3 Å². The second-order valence-electron chi connectivity index (χ2n) is 6.30. The van der Waals surface area contributed by atoms with E-state index in [9.17, 15) is 4.39 Å². The van der Waals surface area contributed by atoms with Gasteiger partial charge < -0.3 is 20.5 Å². The van der Waals surface area contributed by atoms with Gasteiger partial charge in [-0.1, -0.05) is 17.7 Å². The van der Waals surface area contributed by atoms with Crippen molar-refractivity contribution in [3.63, 3.8) is 0 Å². The summed E-state index contributed by atoms with van der Waals surface area (Å²) in [7, 11) is 3.17. The minimum atomic E-state index is -0.343. The lowest BCUT2D eigenvalue weighted by Crippen LogP contribution is -2.25. The molecule has 0 unspecified atom stereocenters. The predicted octanol–water partition coefficient (Wildman–Crippen LogP) is 4.57. The van der Waals surface area contributed by atoms with Crippen molar-refractivity contribution in [1.82, 2.24) is 0 Å². The van der Waals surface area contributed by atoms with E-state index in [1.54, 1.807) is 38.5 Å². The molecule has 0 atom stereocenters. The Kier molecular flexibility index (Phi) is 7.16. The summed E-state index contributed by atoms with van der Waals surface area (Å²) in [4.78, 5) is 4.46. The zero-order chi connectivity index (χ0) is 18.7. The monoisotopic (exact) mass is 505 g/mol. The molecule has 2 aromatic carbocycles. The molecule has 0 aliphatic heterocycles. The lowest BCUT2D eigenvalue weighted by Gasteiger charge is -2.16. The van der Waals surface area contributed by atoms with Gasteiger partial charge in [0.05, 0.1) is 26.5 Å². The maximum absolute atomic E-state index is 13.3. The van der Waals surface area contributed by atoms with Gasteiger partial charge in [-0.15, -0.1) is 24.0 Å². The number of hydrogen-bond donors (Lipinski definition) is 2. The van der Waals surface area contributed by atoms with E-state index < -0.39 is 0 Å². The molecule has 0 amide bonds. The van der Waals surface area contributed by atoms with Crippen LogP contribution in [-0.2, 0) is 5.41 Å². The number of ether oxygens (including phenoxy) is 2. The molecule has 3 N–H and O–H groups in total. The number of aliphatic imine (C=N–C) groups is 1. The van der Waals surface area contributed by atoms with E-state index >= 15 is 0 Å². The van der Waals surface area contributed by atoms with E-state index in [-0.39, 0.29) is 41.2 Å². The molecule has 0 spiro atoms. The molecule has 1 saturated carbocycles. The molecule has 0 saturated heterocycles. The van der Waals surface area contributed by atoms with Crippen LogP contribution in [-0.4, -0.2) is 26.7 Å². The number of nitrogens with zero attached hydrogens (tertiary/aromatic N) is 1. The molecule has 3 rings (SSSR count). The number of benzene rings is 2. The van der Waals surface area contributed by atoms with Crippen LogP contribution in [0.5, 0.6) is 11.5 Å². The van der Waals surface area contributed by atoms with Crippen LogP contribution in [0.2, 0.25) is 5.02 Å². The van der Waals surface area contributed by atoms with E-state index in [4.69, 9.17) is 26.8 Å². The highest BCUT2D eigenvalue weighted by Gasteiger charge is 2.45. The second-order valence-corrected chi connectivity index (χ2v) is 6.70. The molecule has 0 radical (unpaired) electrons. The van der Waals surface area contributed by atoms with Gasteiger partial charge in [-0.3, -0.25) is 4.99 Å². The Hall–Kier alpha value is -1.74. The number of hydrogen-bond acceptors (Lipinski definition) is 3. The van der Waals surface area contributed by atoms with Crippen LogP contribution in [0.25, 0.3) is 0 Å². The summed E-state index contributed by atoms with van der Waals surface area (Å²) in [5.41, 5.74) is 7.45. The highest BCUT2D eigenvalue weighted by Crippen LogP contribution is 2.50. The molecule has 0 heterocycles. The molecule has 146 valence electrons. The van der Waals surface area contributed by atoms with Gasteiger partial charge in [0.25, 0.3) is 0 Å². The molecule has 8 heteroatoms. The first kappa shape index (κ1) is 21.6. The maximum atomic E-state index is 13.3. The molecule has 0 bridgehead atoms. The third-order valence-electron chi connectivity index (χ3n) is 4.58. The number of methoxy groups -OCH3 is 2. The Morgan fingerprint density at radius 3 is 2.56 bits per heavy atom. The number of guanidine groups is 1. The molecule has 27 heavy (non-hydrogen) atoms. The Balaban J connectivity index is 0.00000261. The van der Waals surface area contributed by atoms with Crippen molar-refractivity contribution >= 4 is 47.2 Å². The second kappa shape index (κ2) is 8.97. The summed E-state index contributed by atoms with van der Waals surface area (Å²) in [5.74, 6) is 1.23. The first-order valence-corrected chi connectivity index (χ1v) is 8.60. The normalized spacial score (nSPS) is 14.9. The maximum Gasteiger partial charge on any atom is 0.193 e. The van der Waals surface area contributed by atoms with Crippen molar-refractivity contribution in [3.05, 3.63) is 52.8 Å². The van der Waals surface area contributed by atoms with Crippen molar-refractivity contribution < 1.29 is 13.9 Å². The Morgan fingerprint density at radius 2 is 1.96 bits per heavy atom. The minimum absolute atomic E-state index is 0. The van der Waals surface area contributed by atoms with Gasteiger partial charge in [0.1, 0.15) is 17.3 Å². The SMILES string of the molecule is COc1ccc(OC)c(NC(N)=NCC2(c3ccc(F)cc3Cl)CC2)c1.I. The van der Waals surface area contributed by atoms with Gasteiger partial charge >= 0.3 is 0 Å². The molecule has 5 nitrogen and oxygen atoms in total. The van der Waals surface area contributed by atoms with Crippen molar-refractivity contribution in [2.75, 3.05) is 26.1 Å². The highest BCUT2D eigenvalue weighted by atomic mass is 127. The predicted molar refractivity (Wildman–Crippen MR) is 117 cm³/mol. The average Bonchev–Trinajstić information content (AvgIpc) is 3.40. The number of rotatable bonds is 6. The zero-order valence-corrected chi connectivity index (χ0v) is 18.2. The van der Waals surface area contributed by atoms with E-state index in [0.29, 0.717) is 28.8 Å². The van der Waals surface area contributed by atoms with Crippen molar-refractivity contribution in [2.24, 2.45) is 10.7 Å². The van der Waals surface area contributed by atoms with E-state index in [2.05, 4.69) is 10.3 Å².